The summed E-state index contributed by atoms with van der Waals surface area (Å²) in [6.45, 7) is 6.23. The molecule has 15 heavy (non-hydrogen) atoms. The molecule has 0 aromatic heterocycles. The smallest absolute Gasteiger partial charge is 0.222 e. The number of piperidine rings is 1. The van der Waals surface area contributed by atoms with Gasteiger partial charge in [0.2, 0.25) is 5.91 Å². The second-order valence-corrected chi connectivity index (χ2v) is 4.60. The van der Waals surface area contributed by atoms with E-state index in [-0.39, 0.29) is 18.3 Å². The van der Waals surface area contributed by atoms with Gasteiger partial charge in [-0.1, -0.05) is 13.8 Å². The molecule has 1 N–H and O–H groups in total. The molecule has 1 atom stereocenters. The van der Waals surface area contributed by atoms with Crippen molar-refractivity contribution in [3.8, 4) is 0 Å². The Morgan fingerprint density at radius 2 is 2.20 bits per heavy atom. The van der Waals surface area contributed by atoms with E-state index in [4.69, 9.17) is 0 Å². The van der Waals surface area contributed by atoms with E-state index in [2.05, 4.69) is 19.2 Å². The van der Waals surface area contributed by atoms with Crippen molar-refractivity contribution in [2.45, 2.75) is 39.2 Å². The molecule has 0 aromatic rings. The van der Waals surface area contributed by atoms with Crippen LogP contribution in [0.25, 0.3) is 0 Å². The molecule has 0 aliphatic carbocycles. The number of carbonyl (C=O) groups excluding carboxylic acids is 1. The van der Waals surface area contributed by atoms with Gasteiger partial charge in [-0.25, -0.2) is 0 Å². The minimum atomic E-state index is 0. The Morgan fingerprint density at radius 3 is 2.67 bits per heavy atom. The second-order valence-electron chi connectivity index (χ2n) is 4.60. The predicted octanol–water partition coefficient (Wildman–Crippen LogP) is 1.66. The van der Waals surface area contributed by atoms with Gasteiger partial charge < -0.3 is 10.2 Å². The number of amides is 1. The van der Waals surface area contributed by atoms with Gasteiger partial charge in [0.05, 0.1) is 0 Å². The van der Waals surface area contributed by atoms with Crippen LogP contribution in [0, 0.1) is 5.92 Å². The summed E-state index contributed by atoms with van der Waals surface area (Å²) in [6.07, 6.45) is 3.00. The summed E-state index contributed by atoms with van der Waals surface area (Å²) in [7, 11) is 1.93. The number of nitrogens with zero attached hydrogens (tertiary/aromatic N) is 1. The summed E-state index contributed by atoms with van der Waals surface area (Å²) < 4.78 is 0. The normalized spacial score (nSPS) is 20.9. The van der Waals surface area contributed by atoms with Gasteiger partial charge in [-0.3, -0.25) is 4.79 Å². The molecule has 1 unspecified atom stereocenters. The maximum absolute atomic E-state index is 11.8. The number of nitrogens with one attached hydrogen (secondary N) is 1. The highest BCUT2D eigenvalue weighted by Crippen LogP contribution is 2.11. The molecular formula is C11H23ClN2O. The Kier molecular flexibility index (Phi) is 6.94. The van der Waals surface area contributed by atoms with Crippen LogP contribution >= 0.6 is 12.4 Å². The molecule has 1 aliphatic heterocycles. The van der Waals surface area contributed by atoms with Crippen molar-refractivity contribution in [2.24, 2.45) is 5.92 Å². The molecule has 1 aliphatic rings. The molecule has 1 heterocycles. The summed E-state index contributed by atoms with van der Waals surface area (Å²) in [6, 6.07) is 0.412. The fourth-order valence-corrected chi connectivity index (χ4v) is 1.86. The SMILES string of the molecule is CC(C)CC(=O)N(C)C1CCCNC1.Cl. The van der Waals surface area contributed by atoms with Crippen molar-refractivity contribution < 1.29 is 4.79 Å². The third-order valence-corrected chi connectivity index (χ3v) is 2.79. The first kappa shape index (κ1) is 14.7. The van der Waals surface area contributed by atoms with E-state index < -0.39 is 0 Å². The first-order chi connectivity index (χ1) is 6.61. The largest absolute Gasteiger partial charge is 0.341 e. The maximum Gasteiger partial charge on any atom is 0.222 e. The van der Waals surface area contributed by atoms with E-state index in [0.29, 0.717) is 18.4 Å². The molecule has 1 amide bonds. The fourth-order valence-electron chi connectivity index (χ4n) is 1.86. The van der Waals surface area contributed by atoms with E-state index in [1.165, 1.54) is 6.42 Å². The number of hydrogen-bond donors (Lipinski definition) is 1. The summed E-state index contributed by atoms with van der Waals surface area (Å²) in [5.41, 5.74) is 0. The summed E-state index contributed by atoms with van der Waals surface area (Å²) >= 11 is 0. The van der Waals surface area contributed by atoms with Crippen LogP contribution < -0.4 is 5.32 Å². The molecule has 0 aromatic carbocycles. The molecular weight excluding hydrogens is 212 g/mol. The number of hydrogen-bond acceptors (Lipinski definition) is 2. The number of halogens is 1. The molecule has 0 bridgehead atoms. The number of likely N-dealkylation sites (N-methyl/N-ethyl adjacent to an activating group) is 1. The quantitative estimate of drug-likeness (QED) is 0.806. The van der Waals surface area contributed by atoms with Gasteiger partial charge in [0.25, 0.3) is 0 Å². The first-order valence-corrected chi connectivity index (χ1v) is 5.57. The van der Waals surface area contributed by atoms with Crippen LogP contribution in [-0.4, -0.2) is 37.0 Å². The third-order valence-electron chi connectivity index (χ3n) is 2.79. The lowest BCUT2D eigenvalue weighted by molar-refractivity contribution is -0.133. The molecule has 3 nitrogen and oxygen atoms in total. The molecule has 1 saturated heterocycles. The van der Waals surface area contributed by atoms with Gasteiger partial charge in [0.15, 0.2) is 0 Å². The zero-order valence-electron chi connectivity index (χ0n) is 9.95. The monoisotopic (exact) mass is 234 g/mol. The van der Waals surface area contributed by atoms with Crippen molar-refractivity contribution in [1.29, 1.82) is 0 Å². The van der Waals surface area contributed by atoms with Crippen LogP contribution in [-0.2, 0) is 4.79 Å². The predicted molar refractivity (Wildman–Crippen MR) is 65.4 cm³/mol. The van der Waals surface area contributed by atoms with Gasteiger partial charge in [-0.2, -0.15) is 0 Å². The van der Waals surface area contributed by atoms with Crippen LogP contribution in [0.2, 0.25) is 0 Å². The van der Waals surface area contributed by atoms with Crippen molar-refractivity contribution >= 4 is 18.3 Å². The molecule has 0 saturated carbocycles. The molecule has 0 spiro atoms. The lowest BCUT2D eigenvalue weighted by Gasteiger charge is -2.32. The van der Waals surface area contributed by atoms with Crippen molar-refractivity contribution in [1.82, 2.24) is 10.2 Å². The second kappa shape index (κ2) is 7.07. The topological polar surface area (TPSA) is 32.3 Å². The van der Waals surface area contributed by atoms with Gasteiger partial charge in [-0.05, 0) is 25.3 Å². The Labute approximate surface area is 99.0 Å². The van der Waals surface area contributed by atoms with E-state index in [1.54, 1.807) is 0 Å². The van der Waals surface area contributed by atoms with Crippen molar-refractivity contribution in [3.63, 3.8) is 0 Å². The fraction of sp³-hybridized carbons (Fsp3) is 0.909. The Balaban J connectivity index is 0.00000196. The Morgan fingerprint density at radius 1 is 1.53 bits per heavy atom. The van der Waals surface area contributed by atoms with Gasteiger partial charge in [-0.15, -0.1) is 12.4 Å². The highest BCUT2D eigenvalue weighted by atomic mass is 35.5. The average molecular weight is 235 g/mol. The van der Waals surface area contributed by atoms with E-state index in [1.807, 2.05) is 11.9 Å². The molecule has 0 radical (unpaired) electrons. The van der Waals surface area contributed by atoms with E-state index in [9.17, 15) is 4.79 Å². The first-order valence-electron chi connectivity index (χ1n) is 5.57. The summed E-state index contributed by atoms with van der Waals surface area (Å²) in [5, 5.41) is 3.33. The van der Waals surface area contributed by atoms with Crippen LogP contribution in [0.15, 0.2) is 0 Å². The number of rotatable bonds is 3. The Hall–Kier alpha value is -0.280. The van der Waals surface area contributed by atoms with Gasteiger partial charge in [0, 0.05) is 26.1 Å². The van der Waals surface area contributed by atoms with Crippen LogP contribution in [0.3, 0.4) is 0 Å². The van der Waals surface area contributed by atoms with Crippen LogP contribution in [0.4, 0.5) is 0 Å². The zero-order valence-corrected chi connectivity index (χ0v) is 10.8. The number of carbonyl (C=O) groups is 1. The highest BCUT2D eigenvalue weighted by Gasteiger charge is 2.21. The molecule has 90 valence electrons. The van der Waals surface area contributed by atoms with Gasteiger partial charge >= 0.3 is 0 Å². The average Bonchev–Trinajstić information content (AvgIpc) is 2.17. The summed E-state index contributed by atoms with van der Waals surface area (Å²) in [5.74, 6) is 0.746. The minimum Gasteiger partial charge on any atom is -0.341 e. The van der Waals surface area contributed by atoms with Gasteiger partial charge in [0.1, 0.15) is 0 Å². The van der Waals surface area contributed by atoms with E-state index in [0.717, 1.165) is 19.5 Å². The van der Waals surface area contributed by atoms with Crippen LogP contribution in [0.5, 0.6) is 0 Å². The standard InChI is InChI=1S/C11H22N2O.ClH/c1-9(2)7-11(14)13(3)10-5-4-6-12-8-10;/h9-10,12H,4-8H2,1-3H3;1H. The molecule has 4 heteroatoms. The van der Waals surface area contributed by atoms with Crippen LogP contribution in [0.1, 0.15) is 33.1 Å². The molecule has 1 fully saturated rings. The summed E-state index contributed by atoms with van der Waals surface area (Å²) in [4.78, 5) is 13.7. The zero-order chi connectivity index (χ0) is 10.6. The Bertz CT molecular complexity index is 191. The van der Waals surface area contributed by atoms with E-state index >= 15 is 0 Å². The molecule has 1 rings (SSSR count). The van der Waals surface area contributed by atoms with Crippen molar-refractivity contribution in [2.75, 3.05) is 20.1 Å². The lowest BCUT2D eigenvalue weighted by atomic mass is 10.0. The third kappa shape index (κ3) is 4.85. The maximum atomic E-state index is 11.8. The highest BCUT2D eigenvalue weighted by molar-refractivity contribution is 5.85. The lowest BCUT2D eigenvalue weighted by Crippen LogP contribution is -2.46. The van der Waals surface area contributed by atoms with Crippen molar-refractivity contribution in [3.05, 3.63) is 0 Å². The minimum absolute atomic E-state index is 0.